The highest BCUT2D eigenvalue weighted by atomic mass is 35.5. The van der Waals surface area contributed by atoms with Gasteiger partial charge < -0.3 is 10.1 Å². The Morgan fingerprint density at radius 2 is 2.18 bits per heavy atom. The van der Waals surface area contributed by atoms with E-state index in [1.54, 1.807) is 0 Å². The van der Waals surface area contributed by atoms with E-state index in [1.807, 2.05) is 18.2 Å². The third-order valence-electron chi connectivity index (χ3n) is 3.19. The Morgan fingerprint density at radius 3 is 2.94 bits per heavy atom. The Bertz CT molecular complexity index is 337. The molecule has 2 rings (SSSR count). The molecule has 0 aliphatic carbocycles. The fraction of sp³-hybridized carbons (Fsp3) is 0.571. The largest absolute Gasteiger partial charge is 0.378 e. The normalized spacial score (nSPS) is 20.4. The molecular formula is C14H20ClNO. The fourth-order valence-corrected chi connectivity index (χ4v) is 2.37. The molecule has 94 valence electrons. The number of rotatable bonds is 5. The van der Waals surface area contributed by atoms with Crippen molar-refractivity contribution in [2.24, 2.45) is 0 Å². The molecule has 1 heterocycles. The molecule has 0 aromatic heterocycles. The van der Waals surface area contributed by atoms with Gasteiger partial charge in [-0.1, -0.05) is 29.8 Å². The standard InChI is InChI=1S/C14H20ClNO/c15-14-7-2-1-5-12(14)11-16-9-8-13-6-3-4-10-17-13/h1-2,5,7,13,16H,3-4,6,8-11H2. The average molecular weight is 254 g/mol. The topological polar surface area (TPSA) is 21.3 Å². The molecule has 1 aromatic rings. The highest BCUT2D eigenvalue weighted by molar-refractivity contribution is 6.31. The first-order chi connectivity index (χ1) is 8.36. The Labute approximate surface area is 108 Å². The molecule has 1 aromatic carbocycles. The number of nitrogens with one attached hydrogen (secondary N) is 1. The molecule has 3 heteroatoms. The van der Waals surface area contributed by atoms with Crippen LogP contribution in [0.1, 0.15) is 31.2 Å². The Balaban J connectivity index is 1.64. The van der Waals surface area contributed by atoms with E-state index in [0.29, 0.717) is 6.10 Å². The van der Waals surface area contributed by atoms with Crippen molar-refractivity contribution < 1.29 is 4.74 Å². The van der Waals surface area contributed by atoms with E-state index in [2.05, 4.69) is 11.4 Å². The first-order valence-corrected chi connectivity index (χ1v) is 6.80. The van der Waals surface area contributed by atoms with Crippen LogP contribution in [0.4, 0.5) is 0 Å². The van der Waals surface area contributed by atoms with Crippen molar-refractivity contribution in [1.82, 2.24) is 5.32 Å². The van der Waals surface area contributed by atoms with Crippen LogP contribution in [0.5, 0.6) is 0 Å². The summed E-state index contributed by atoms with van der Waals surface area (Å²) >= 11 is 6.09. The summed E-state index contributed by atoms with van der Waals surface area (Å²) in [7, 11) is 0. The summed E-state index contributed by atoms with van der Waals surface area (Å²) < 4.78 is 5.69. The van der Waals surface area contributed by atoms with E-state index >= 15 is 0 Å². The van der Waals surface area contributed by atoms with E-state index in [1.165, 1.54) is 24.8 Å². The highest BCUT2D eigenvalue weighted by Crippen LogP contribution is 2.16. The summed E-state index contributed by atoms with van der Waals surface area (Å²) in [4.78, 5) is 0. The molecule has 1 fully saturated rings. The molecule has 1 aliphatic rings. The predicted octanol–water partition coefficient (Wildman–Crippen LogP) is 3.39. The summed E-state index contributed by atoms with van der Waals surface area (Å²) in [6, 6.07) is 7.98. The maximum absolute atomic E-state index is 6.09. The van der Waals surface area contributed by atoms with Crippen LogP contribution in [-0.2, 0) is 11.3 Å². The van der Waals surface area contributed by atoms with Gasteiger partial charge in [0.15, 0.2) is 0 Å². The third-order valence-corrected chi connectivity index (χ3v) is 3.56. The molecule has 2 nitrogen and oxygen atoms in total. The molecule has 0 amide bonds. The molecule has 1 atom stereocenters. The van der Waals surface area contributed by atoms with Gasteiger partial charge in [-0.2, -0.15) is 0 Å². The Morgan fingerprint density at radius 1 is 1.29 bits per heavy atom. The second-order valence-electron chi connectivity index (χ2n) is 4.55. The van der Waals surface area contributed by atoms with E-state index in [4.69, 9.17) is 16.3 Å². The van der Waals surface area contributed by atoms with Crippen LogP contribution in [0, 0.1) is 0 Å². The quantitative estimate of drug-likeness (QED) is 0.813. The molecule has 1 unspecified atom stereocenters. The minimum Gasteiger partial charge on any atom is -0.378 e. The zero-order chi connectivity index (χ0) is 11.9. The number of halogens is 1. The summed E-state index contributed by atoms with van der Waals surface area (Å²) in [6.07, 6.45) is 5.32. The van der Waals surface area contributed by atoms with Crippen molar-refractivity contribution in [1.29, 1.82) is 0 Å². The van der Waals surface area contributed by atoms with Crippen LogP contribution >= 0.6 is 11.6 Å². The van der Waals surface area contributed by atoms with E-state index in [-0.39, 0.29) is 0 Å². The van der Waals surface area contributed by atoms with Gasteiger partial charge in [0.2, 0.25) is 0 Å². The van der Waals surface area contributed by atoms with E-state index in [9.17, 15) is 0 Å². The minimum absolute atomic E-state index is 0.461. The van der Waals surface area contributed by atoms with Gasteiger partial charge in [-0.3, -0.25) is 0 Å². The molecule has 0 spiro atoms. The van der Waals surface area contributed by atoms with Crippen LogP contribution in [0.3, 0.4) is 0 Å². The minimum atomic E-state index is 0.461. The lowest BCUT2D eigenvalue weighted by molar-refractivity contribution is 0.0115. The molecule has 0 saturated carbocycles. The number of ether oxygens (including phenoxy) is 1. The first kappa shape index (κ1) is 12.9. The van der Waals surface area contributed by atoms with Crippen molar-refractivity contribution in [3.63, 3.8) is 0 Å². The van der Waals surface area contributed by atoms with Crippen molar-refractivity contribution in [2.75, 3.05) is 13.2 Å². The van der Waals surface area contributed by atoms with Gasteiger partial charge in [-0.15, -0.1) is 0 Å². The molecule has 17 heavy (non-hydrogen) atoms. The lowest BCUT2D eigenvalue weighted by atomic mass is 10.1. The zero-order valence-corrected chi connectivity index (χ0v) is 10.9. The van der Waals surface area contributed by atoms with Gasteiger partial charge in [0.25, 0.3) is 0 Å². The van der Waals surface area contributed by atoms with Gasteiger partial charge in [0.1, 0.15) is 0 Å². The van der Waals surface area contributed by atoms with Crippen LogP contribution in [-0.4, -0.2) is 19.3 Å². The summed E-state index contributed by atoms with van der Waals surface area (Å²) in [6.45, 7) is 2.78. The Hall–Kier alpha value is -0.570. The maximum Gasteiger partial charge on any atom is 0.0587 e. The monoisotopic (exact) mass is 253 g/mol. The molecule has 1 aliphatic heterocycles. The van der Waals surface area contributed by atoms with Crippen LogP contribution in [0.15, 0.2) is 24.3 Å². The van der Waals surface area contributed by atoms with E-state index in [0.717, 1.165) is 31.1 Å². The van der Waals surface area contributed by atoms with Crippen LogP contribution in [0.2, 0.25) is 5.02 Å². The van der Waals surface area contributed by atoms with Crippen molar-refractivity contribution >= 4 is 11.6 Å². The zero-order valence-electron chi connectivity index (χ0n) is 10.1. The predicted molar refractivity (Wildman–Crippen MR) is 71.4 cm³/mol. The molecule has 0 radical (unpaired) electrons. The van der Waals surface area contributed by atoms with E-state index < -0.39 is 0 Å². The van der Waals surface area contributed by atoms with Gasteiger partial charge in [-0.05, 0) is 43.9 Å². The van der Waals surface area contributed by atoms with Gasteiger partial charge >= 0.3 is 0 Å². The second kappa shape index (κ2) is 7.00. The van der Waals surface area contributed by atoms with Crippen molar-refractivity contribution in [2.45, 2.75) is 38.3 Å². The average Bonchev–Trinajstić information content (AvgIpc) is 2.38. The van der Waals surface area contributed by atoms with Crippen LogP contribution in [0.25, 0.3) is 0 Å². The van der Waals surface area contributed by atoms with Gasteiger partial charge in [-0.25, -0.2) is 0 Å². The molecule has 0 bridgehead atoms. The second-order valence-corrected chi connectivity index (χ2v) is 4.95. The number of hydrogen-bond donors (Lipinski definition) is 1. The summed E-state index contributed by atoms with van der Waals surface area (Å²) in [5.74, 6) is 0. The number of hydrogen-bond acceptors (Lipinski definition) is 2. The van der Waals surface area contributed by atoms with Crippen molar-refractivity contribution in [3.05, 3.63) is 34.9 Å². The lowest BCUT2D eigenvalue weighted by Crippen LogP contribution is -2.25. The Kier molecular flexibility index (Phi) is 5.30. The summed E-state index contributed by atoms with van der Waals surface area (Å²) in [5, 5.41) is 4.27. The number of benzene rings is 1. The third kappa shape index (κ3) is 4.30. The molecule has 1 saturated heterocycles. The molecule has 1 N–H and O–H groups in total. The lowest BCUT2D eigenvalue weighted by Gasteiger charge is -2.22. The molecular weight excluding hydrogens is 234 g/mol. The van der Waals surface area contributed by atoms with Gasteiger partial charge in [0.05, 0.1) is 6.10 Å². The summed E-state index contributed by atoms with van der Waals surface area (Å²) in [5.41, 5.74) is 1.17. The SMILES string of the molecule is Clc1ccccc1CNCCC1CCCCO1. The van der Waals surface area contributed by atoms with Gasteiger partial charge in [0, 0.05) is 18.2 Å². The fourth-order valence-electron chi connectivity index (χ4n) is 2.16. The smallest absolute Gasteiger partial charge is 0.0587 e. The van der Waals surface area contributed by atoms with Crippen molar-refractivity contribution in [3.8, 4) is 0 Å². The maximum atomic E-state index is 6.09. The first-order valence-electron chi connectivity index (χ1n) is 6.42. The highest BCUT2D eigenvalue weighted by Gasteiger charge is 2.12. The van der Waals surface area contributed by atoms with Crippen LogP contribution < -0.4 is 5.32 Å².